The third-order valence-electron chi connectivity index (χ3n) is 6.99. The molecular formula is C23H28N8O. The molecule has 0 amide bonds. The van der Waals surface area contributed by atoms with Crippen LogP contribution in [0.1, 0.15) is 25.7 Å². The third-order valence-corrected chi connectivity index (χ3v) is 6.99. The molecule has 2 N–H and O–H groups in total. The van der Waals surface area contributed by atoms with Gasteiger partial charge in [-0.1, -0.05) is 11.3 Å². The number of rotatable bonds is 4. The molecule has 0 spiro atoms. The summed E-state index contributed by atoms with van der Waals surface area (Å²) in [4.78, 5) is 15.0. The molecule has 2 fully saturated rings. The Kier molecular flexibility index (Phi) is 4.99. The largest absolute Gasteiger partial charge is 0.379 e. The van der Waals surface area contributed by atoms with Crippen molar-refractivity contribution < 1.29 is 4.74 Å². The predicted octanol–water partition coefficient (Wildman–Crippen LogP) is 2.96. The first-order valence-electron chi connectivity index (χ1n) is 11.5. The van der Waals surface area contributed by atoms with Crippen molar-refractivity contribution in [2.24, 2.45) is 7.05 Å². The average Bonchev–Trinajstić information content (AvgIpc) is 3.44. The zero-order chi connectivity index (χ0) is 21.5. The van der Waals surface area contributed by atoms with E-state index in [4.69, 9.17) is 4.74 Å². The van der Waals surface area contributed by atoms with Gasteiger partial charge in [-0.3, -0.25) is 4.90 Å². The summed E-state index contributed by atoms with van der Waals surface area (Å²) in [6, 6.07) is 7.34. The molecule has 166 valence electrons. The Labute approximate surface area is 186 Å². The summed E-state index contributed by atoms with van der Waals surface area (Å²) in [5.41, 5.74) is 4.94. The minimum absolute atomic E-state index is 0.428. The van der Waals surface area contributed by atoms with Crippen LogP contribution in [0.3, 0.4) is 0 Å². The zero-order valence-electron chi connectivity index (χ0n) is 18.3. The lowest BCUT2D eigenvalue weighted by atomic mass is 9.90. The summed E-state index contributed by atoms with van der Waals surface area (Å²) >= 11 is 0. The van der Waals surface area contributed by atoms with Crippen LogP contribution in [-0.2, 0) is 11.8 Å². The van der Waals surface area contributed by atoms with Crippen molar-refractivity contribution in [3.05, 3.63) is 30.7 Å². The first kappa shape index (κ1) is 19.6. The number of anilines is 1. The number of H-pyrrole nitrogens is 1. The number of aromatic nitrogens is 6. The topological polar surface area (TPSA) is 96.8 Å². The summed E-state index contributed by atoms with van der Waals surface area (Å²) in [5, 5.41) is 13.1. The number of nitrogens with zero attached hydrogens (tertiary/aromatic N) is 6. The molecule has 1 aliphatic carbocycles. The van der Waals surface area contributed by atoms with E-state index in [1.54, 1.807) is 11.0 Å². The Morgan fingerprint density at radius 1 is 1.09 bits per heavy atom. The number of hydrogen-bond donors (Lipinski definition) is 2. The monoisotopic (exact) mass is 432 g/mol. The maximum Gasteiger partial charge on any atom is 0.143 e. The average molecular weight is 433 g/mol. The molecule has 1 saturated carbocycles. The normalized spacial score (nSPS) is 22.5. The molecule has 0 atom stereocenters. The van der Waals surface area contributed by atoms with Gasteiger partial charge in [0.2, 0.25) is 0 Å². The minimum atomic E-state index is 0.428. The molecule has 0 unspecified atom stereocenters. The van der Waals surface area contributed by atoms with Crippen LogP contribution in [0.5, 0.6) is 0 Å². The highest BCUT2D eigenvalue weighted by Crippen LogP contribution is 2.34. The summed E-state index contributed by atoms with van der Waals surface area (Å²) in [7, 11) is 1.91. The van der Waals surface area contributed by atoms with Gasteiger partial charge in [-0.25, -0.2) is 14.6 Å². The van der Waals surface area contributed by atoms with Crippen molar-refractivity contribution in [1.82, 2.24) is 34.8 Å². The second-order valence-electron chi connectivity index (χ2n) is 8.86. The maximum absolute atomic E-state index is 5.52. The van der Waals surface area contributed by atoms with Gasteiger partial charge < -0.3 is 15.0 Å². The van der Waals surface area contributed by atoms with Crippen molar-refractivity contribution in [1.29, 1.82) is 0 Å². The highest BCUT2D eigenvalue weighted by atomic mass is 16.5. The van der Waals surface area contributed by atoms with E-state index < -0.39 is 0 Å². The van der Waals surface area contributed by atoms with E-state index in [9.17, 15) is 0 Å². The third kappa shape index (κ3) is 3.51. The highest BCUT2D eigenvalue weighted by molar-refractivity contribution is 6.02. The molecule has 1 saturated heterocycles. The van der Waals surface area contributed by atoms with Crippen LogP contribution in [0.15, 0.2) is 30.7 Å². The fourth-order valence-electron chi connectivity index (χ4n) is 5.22. The lowest BCUT2D eigenvalue weighted by molar-refractivity contribution is 0.00791. The lowest BCUT2D eigenvalue weighted by Gasteiger charge is -2.39. The highest BCUT2D eigenvalue weighted by Gasteiger charge is 2.27. The van der Waals surface area contributed by atoms with E-state index in [2.05, 4.69) is 47.6 Å². The van der Waals surface area contributed by atoms with Crippen molar-refractivity contribution in [3.8, 4) is 11.1 Å². The number of hydrogen-bond acceptors (Lipinski definition) is 7. The predicted molar refractivity (Wildman–Crippen MR) is 123 cm³/mol. The Balaban J connectivity index is 1.25. The second kappa shape index (κ2) is 8.14. The Hall–Kier alpha value is -3.04. The van der Waals surface area contributed by atoms with Gasteiger partial charge in [0.25, 0.3) is 0 Å². The first-order valence-corrected chi connectivity index (χ1v) is 11.5. The quantitative estimate of drug-likeness (QED) is 0.512. The Morgan fingerprint density at radius 2 is 1.94 bits per heavy atom. The van der Waals surface area contributed by atoms with Gasteiger partial charge in [0, 0.05) is 44.0 Å². The molecule has 1 aromatic carbocycles. The number of benzene rings is 1. The molecule has 6 rings (SSSR count). The maximum atomic E-state index is 5.52. The second-order valence-corrected chi connectivity index (χ2v) is 8.86. The van der Waals surface area contributed by atoms with Crippen LogP contribution >= 0.6 is 0 Å². The fourth-order valence-corrected chi connectivity index (χ4v) is 5.22. The molecule has 9 nitrogen and oxygen atoms in total. The summed E-state index contributed by atoms with van der Waals surface area (Å²) in [6.45, 7) is 3.87. The SMILES string of the molecule is Cn1nnc2ccc(-c3c[nH]c4ncnc(NC5CCC(N6CCOCC6)CC5)c34)cc21. The van der Waals surface area contributed by atoms with Crippen LogP contribution < -0.4 is 5.32 Å². The van der Waals surface area contributed by atoms with E-state index in [0.717, 1.165) is 78.2 Å². The number of nitrogens with one attached hydrogen (secondary N) is 2. The fraction of sp³-hybridized carbons (Fsp3) is 0.478. The van der Waals surface area contributed by atoms with Crippen molar-refractivity contribution >= 4 is 27.9 Å². The molecule has 2 aliphatic rings. The van der Waals surface area contributed by atoms with Crippen LogP contribution in [0.2, 0.25) is 0 Å². The molecule has 0 radical (unpaired) electrons. The zero-order valence-corrected chi connectivity index (χ0v) is 18.3. The molecular weight excluding hydrogens is 404 g/mol. The standard InChI is InChI=1S/C23H28N8O/c1-30-20-12-15(2-7-19(20)28-29-30)18-13-24-22-21(18)23(26-14-25-22)27-16-3-5-17(6-4-16)31-8-10-32-11-9-31/h2,7,12-14,16-17H,3-6,8-11H2,1H3,(H2,24,25,26,27). The van der Waals surface area contributed by atoms with Crippen molar-refractivity contribution in [2.75, 3.05) is 31.6 Å². The van der Waals surface area contributed by atoms with Gasteiger partial charge in [0.05, 0.1) is 24.1 Å². The molecule has 9 heteroatoms. The van der Waals surface area contributed by atoms with Gasteiger partial charge in [0.1, 0.15) is 23.3 Å². The van der Waals surface area contributed by atoms with Gasteiger partial charge in [0.15, 0.2) is 0 Å². The minimum Gasteiger partial charge on any atom is -0.379 e. The molecule has 3 aromatic heterocycles. The number of ether oxygens (including phenoxy) is 1. The number of morpholine rings is 1. The molecule has 1 aliphatic heterocycles. The Morgan fingerprint density at radius 3 is 2.78 bits per heavy atom. The van der Waals surface area contributed by atoms with E-state index in [0.29, 0.717) is 12.1 Å². The van der Waals surface area contributed by atoms with Crippen LogP contribution in [0.4, 0.5) is 5.82 Å². The van der Waals surface area contributed by atoms with Crippen LogP contribution in [0, 0.1) is 0 Å². The number of aryl methyl sites for hydroxylation is 1. The molecule has 4 heterocycles. The van der Waals surface area contributed by atoms with Gasteiger partial charge in [-0.05, 0) is 43.4 Å². The molecule has 32 heavy (non-hydrogen) atoms. The lowest BCUT2D eigenvalue weighted by Crippen LogP contribution is -2.46. The van der Waals surface area contributed by atoms with E-state index in [1.165, 1.54) is 12.8 Å². The van der Waals surface area contributed by atoms with Crippen molar-refractivity contribution in [3.63, 3.8) is 0 Å². The smallest absolute Gasteiger partial charge is 0.143 e. The van der Waals surface area contributed by atoms with Gasteiger partial charge in [-0.2, -0.15) is 0 Å². The molecule has 0 bridgehead atoms. The van der Waals surface area contributed by atoms with Crippen LogP contribution in [0.25, 0.3) is 33.2 Å². The number of fused-ring (bicyclic) bond motifs is 2. The van der Waals surface area contributed by atoms with Crippen LogP contribution in [-0.4, -0.2) is 73.2 Å². The van der Waals surface area contributed by atoms with E-state index >= 15 is 0 Å². The summed E-state index contributed by atoms with van der Waals surface area (Å²) in [6.07, 6.45) is 8.40. The molecule has 4 aromatic rings. The first-order chi connectivity index (χ1) is 15.8. The number of aromatic amines is 1. The van der Waals surface area contributed by atoms with E-state index in [1.807, 2.05) is 19.3 Å². The van der Waals surface area contributed by atoms with E-state index in [-0.39, 0.29) is 0 Å². The summed E-state index contributed by atoms with van der Waals surface area (Å²) < 4.78 is 7.32. The Bertz CT molecular complexity index is 1230. The van der Waals surface area contributed by atoms with Crippen molar-refractivity contribution in [2.45, 2.75) is 37.8 Å². The van der Waals surface area contributed by atoms with Gasteiger partial charge >= 0.3 is 0 Å². The van der Waals surface area contributed by atoms with Gasteiger partial charge in [-0.15, -0.1) is 5.10 Å². The summed E-state index contributed by atoms with van der Waals surface area (Å²) in [5.74, 6) is 0.907.